The molecule has 1 unspecified atom stereocenters. The normalized spacial score (nSPS) is 16.9. The quantitative estimate of drug-likeness (QED) is 0.193. The van der Waals surface area contributed by atoms with Crippen LogP contribution in [0.25, 0.3) is 72.5 Å². The highest BCUT2D eigenvalue weighted by molar-refractivity contribution is 6.12. The van der Waals surface area contributed by atoms with E-state index in [0.717, 1.165) is 56.2 Å². The molecule has 4 nitrogen and oxygen atoms in total. The molecule has 0 saturated heterocycles. The molecule has 48 heavy (non-hydrogen) atoms. The molecule has 0 saturated carbocycles. The summed E-state index contributed by atoms with van der Waals surface area (Å²) in [6, 6.07) is 41.9. The van der Waals surface area contributed by atoms with Gasteiger partial charge in [-0.3, -0.25) is 0 Å². The van der Waals surface area contributed by atoms with Gasteiger partial charge in [-0.05, 0) is 58.5 Å². The second-order valence-corrected chi connectivity index (χ2v) is 12.7. The van der Waals surface area contributed by atoms with Crippen LogP contribution in [0.15, 0.2) is 168 Å². The molecule has 0 spiro atoms. The lowest BCUT2D eigenvalue weighted by atomic mass is 9.73. The monoisotopic (exact) mass is 617 g/mol. The SMILES string of the molecule is CC12C=CC=CC1=CC(c1nc(-c3ccccc3)nc(-c3cccc4oc5cc(-c6ccc(-c7ccccc7)cc6)ccc5c34)n1)=CC2. The molecule has 2 aromatic heterocycles. The fourth-order valence-electron chi connectivity index (χ4n) is 6.84. The molecule has 7 aromatic rings. The van der Waals surface area contributed by atoms with Crippen molar-refractivity contribution in [2.24, 2.45) is 5.41 Å². The van der Waals surface area contributed by atoms with Crippen LogP contribution in [0.4, 0.5) is 0 Å². The second-order valence-electron chi connectivity index (χ2n) is 12.7. The molecule has 228 valence electrons. The first-order chi connectivity index (χ1) is 23.6. The summed E-state index contributed by atoms with van der Waals surface area (Å²) >= 11 is 0. The standard InChI is InChI=1S/C44H31N3O/c1-44-25-9-8-15-35(44)27-34(24-26-44)42-45-41(32-13-6-3-7-14-32)46-43(47-42)37-16-10-17-38-40(37)36-23-22-33(28-39(36)48-38)31-20-18-30(19-21-31)29-11-4-2-5-12-29/h2-25,27-28H,26H2,1H3. The first-order valence-electron chi connectivity index (χ1n) is 16.3. The molecule has 0 N–H and O–H groups in total. The lowest BCUT2D eigenvalue weighted by Gasteiger charge is -2.31. The predicted octanol–water partition coefficient (Wildman–Crippen LogP) is 11.3. The maximum atomic E-state index is 6.50. The van der Waals surface area contributed by atoms with E-state index in [1.165, 1.54) is 16.7 Å². The van der Waals surface area contributed by atoms with Crippen molar-refractivity contribution in [3.8, 4) is 45.0 Å². The fraction of sp³-hybridized carbons (Fsp3) is 0.0682. The van der Waals surface area contributed by atoms with Crippen LogP contribution in [0, 0.1) is 5.41 Å². The molecule has 0 aliphatic heterocycles. The maximum Gasteiger partial charge on any atom is 0.164 e. The summed E-state index contributed by atoms with van der Waals surface area (Å²) in [6.07, 6.45) is 14.1. The third kappa shape index (κ3) is 4.90. The van der Waals surface area contributed by atoms with Gasteiger partial charge in [0.2, 0.25) is 0 Å². The number of hydrogen-bond donors (Lipinski definition) is 0. The number of aromatic nitrogens is 3. The van der Waals surface area contributed by atoms with Gasteiger partial charge < -0.3 is 4.42 Å². The number of hydrogen-bond acceptors (Lipinski definition) is 4. The third-order valence-corrected chi connectivity index (χ3v) is 9.56. The lowest BCUT2D eigenvalue weighted by molar-refractivity contribution is 0.528. The van der Waals surface area contributed by atoms with E-state index >= 15 is 0 Å². The van der Waals surface area contributed by atoms with Crippen LogP contribution in [0.3, 0.4) is 0 Å². The summed E-state index contributed by atoms with van der Waals surface area (Å²) in [6.45, 7) is 2.27. The summed E-state index contributed by atoms with van der Waals surface area (Å²) in [7, 11) is 0. The average Bonchev–Trinajstić information content (AvgIpc) is 3.53. The van der Waals surface area contributed by atoms with Crippen LogP contribution in [0.1, 0.15) is 19.2 Å². The fourth-order valence-corrected chi connectivity index (χ4v) is 6.84. The van der Waals surface area contributed by atoms with Crippen molar-refractivity contribution in [3.05, 3.63) is 169 Å². The molecule has 2 aliphatic rings. The van der Waals surface area contributed by atoms with Gasteiger partial charge in [-0.2, -0.15) is 0 Å². The summed E-state index contributed by atoms with van der Waals surface area (Å²) in [5, 5.41) is 2.03. The minimum Gasteiger partial charge on any atom is -0.456 e. The van der Waals surface area contributed by atoms with E-state index in [1.807, 2.05) is 48.5 Å². The molecule has 2 heterocycles. The molecule has 0 radical (unpaired) electrons. The van der Waals surface area contributed by atoms with Gasteiger partial charge in [0.25, 0.3) is 0 Å². The highest BCUT2D eigenvalue weighted by Crippen LogP contribution is 2.43. The Morgan fingerprint density at radius 2 is 1.25 bits per heavy atom. The Morgan fingerprint density at radius 3 is 2.04 bits per heavy atom. The second kappa shape index (κ2) is 11.3. The van der Waals surface area contributed by atoms with Crippen molar-refractivity contribution in [2.75, 3.05) is 0 Å². The van der Waals surface area contributed by atoms with Crippen molar-refractivity contribution >= 4 is 27.5 Å². The Morgan fingerprint density at radius 1 is 0.583 bits per heavy atom. The predicted molar refractivity (Wildman–Crippen MR) is 196 cm³/mol. The number of furan rings is 1. The zero-order chi connectivity index (χ0) is 32.1. The highest BCUT2D eigenvalue weighted by atomic mass is 16.3. The number of benzene rings is 5. The van der Waals surface area contributed by atoms with Gasteiger partial charge in [0.1, 0.15) is 11.2 Å². The lowest BCUT2D eigenvalue weighted by Crippen LogP contribution is -2.19. The van der Waals surface area contributed by atoms with Crippen LogP contribution in [-0.2, 0) is 0 Å². The van der Waals surface area contributed by atoms with E-state index < -0.39 is 0 Å². The van der Waals surface area contributed by atoms with Crippen LogP contribution in [0.2, 0.25) is 0 Å². The average molecular weight is 618 g/mol. The van der Waals surface area contributed by atoms with E-state index in [2.05, 4.69) is 116 Å². The topological polar surface area (TPSA) is 51.8 Å². The molecular formula is C44H31N3O. The Hall–Kier alpha value is -6.13. The van der Waals surface area contributed by atoms with Gasteiger partial charge in [0, 0.05) is 32.9 Å². The third-order valence-electron chi connectivity index (χ3n) is 9.56. The molecule has 0 bridgehead atoms. The van der Waals surface area contributed by atoms with Gasteiger partial charge in [-0.25, -0.2) is 15.0 Å². The van der Waals surface area contributed by atoms with Gasteiger partial charge in [0.15, 0.2) is 17.5 Å². The number of rotatable bonds is 5. The van der Waals surface area contributed by atoms with Gasteiger partial charge in [0.05, 0.1) is 0 Å². The molecule has 2 aliphatic carbocycles. The van der Waals surface area contributed by atoms with Gasteiger partial charge in [-0.1, -0.05) is 140 Å². The first kappa shape index (κ1) is 28.1. The van der Waals surface area contributed by atoms with Gasteiger partial charge in [-0.15, -0.1) is 0 Å². The van der Waals surface area contributed by atoms with Crippen molar-refractivity contribution in [1.82, 2.24) is 15.0 Å². The van der Waals surface area contributed by atoms with Crippen LogP contribution in [-0.4, -0.2) is 15.0 Å². The molecular weight excluding hydrogens is 587 g/mol. The van der Waals surface area contributed by atoms with E-state index in [9.17, 15) is 0 Å². The Labute approximate surface area is 279 Å². The minimum absolute atomic E-state index is 0.0134. The van der Waals surface area contributed by atoms with Crippen LogP contribution in [0.5, 0.6) is 0 Å². The zero-order valence-corrected chi connectivity index (χ0v) is 26.5. The van der Waals surface area contributed by atoms with Crippen molar-refractivity contribution in [2.45, 2.75) is 13.3 Å². The molecule has 1 atom stereocenters. The van der Waals surface area contributed by atoms with E-state index in [-0.39, 0.29) is 5.41 Å². The van der Waals surface area contributed by atoms with Gasteiger partial charge >= 0.3 is 0 Å². The summed E-state index contributed by atoms with van der Waals surface area (Å²) < 4.78 is 6.50. The Bertz CT molecular complexity index is 2470. The van der Waals surface area contributed by atoms with E-state index in [1.54, 1.807) is 0 Å². The summed E-state index contributed by atoms with van der Waals surface area (Å²) in [5.74, 6) is 1.94. The summed E-state index contributed by atoms with van der Waals surface area (Å²) in [4.78, 5) is 15.2. The zero-order valence-electron chi connectivity index (χ0n) is 26.5. The van der Waals surface area contributed by atoms with E-state index in [4.69, 9.17) is 19.4 Å². The Balaban J connectivity index is 1.15. The highest BCUT2D eigenvalue weighted by Gasteiger charge is 2.29. The van der Waals surface area contributed by atoms with Crippen molar-refractivity contribution < 1.29 is 4.42 Å². The number of nitrogens with zero attached hydrogens (tertiary/aromatic N) is 3. The largest absolute Gasteiger partial charge is 0.456 e. The Kier molecular flexibility index (Phi) is 6.61. The molecule has 5 aromatic carbocycles. The smallest absolute Gasteiger partial charge is 0.164 e. The van der Waals surface area contributed by atoms with E-state index in [0.29, 0.717) is 17.5 Å². The van der Waals surface area contributed by atoms with Crippen molar-refractivity contribution in [1.29, 1.82) is 0 Å². The summed E-state index contributed by atoms with van der Waals surface area (Å²) in [5.41, 5.74) is 10.4. The first-order valence-corrected chi connectivity index (χ1v) is 16.3. The minimum atomic E-state index is -0.0134. The number of allylic oxidation sites excluding steroid dienone is 8. The van der Waals surface area contributed by atoms with Crippen LogP contribution < -0.4 is 0 Å². The number of fused-ring (bicyclic) bond motifs is 4. The molecule has 0 amide bonds. The maximum absolute atomic E-state index is 6.50. The molecule has 9 rings (SSSR count). The van der Waals surface area contributed by atoms with Crippen LogP contribution >= 0.6 is 0 Å². The van der Waals surface area contributed by atoms with Crippen molar-refractivity contribution in [3.63, 3.8) is 0 Å². The molecule has 0 fully saturated rings. The molecule has 4 heteroatoms.